The number of carbonyl (C=O) groups excluding carboxylic acids is 1. The van der Waals surface area contributed by atoms with Crippen molar-refractivity contribution < 1.29 is 14.3 Å². The van der Waals surface area contributed by atoms with E-state index in [0.717, 1.165) is 50.2 Å². The van der Waals surface area contributed by atoms with Crippen molar-refractivity contribution >= 4 is 5.91 Å². The van der Waals surface area contributed by atoms with Crippen LogP contribution in [0.15, 0.2) is 54.6 Å². The number of likely N-dealkylation sites (tertiary alicyclic amines) is 1. The SMILES string of the molecule is COCCN1CCC(c2ccc([C@H](O[C@@H](CC(C)C)C(=O)NCC#N)c3ccccc3)cc2)CC1. The molecule has 0 saturated carbocycles. The molecule has 0 unspecified atom stereocenters. The van der Waals surface area contributed by atoms with E-state index in [2.05, 4.69) is 48.3 Å². The highest BCUT2D eigenvalue weighted by Crippen LogP contribution is 2.32. The third kappa shape index (κ3) is 8.17. The first-order chi connectivity index (χ1) is 17.0. The van der Waals surface area contributed by atoms with Crippen molar-refractivity contribution in [2.75, 3.05) is 39.9 Å². The molecule has 1 heterocycles. The van der Waals surface area contributed by atoms with Crippen LogP contribution in [0.25, 0.3) is 0 Å². The van der Waals surface area contributed by atoms with Crippen molar-refractivity contribution in [1.82, 2.24) is 10.2 Å². The van der Waals surface area contributed by atoms with Gasteiger partial charge in [0.15, 0.2) is 0 Å². The lowest BCUT2D eigenvalue weighted by Crippen LogP contribution is -2.38. The maximum Gasteiger partial charge on any atom is 0.250 e. The Balaban J connectivity index is 1.76. The number of benzene rings is 2. The Kier molecular flexibility index (Phi) is 10.7. The average molecular weight is 478 g/mol. The Hall–Kier alpha value is -2.72. The van der Waals surface area contributed by atoms with Gasteiger partial charge in [-0.15, -0.1) is 0 Å². The lowest BCUT2D eigenvalue weighted by atomic mass is 9.88. The summed E-state index contributed by atoms with van der Waals surface area (Å²) in [5.41, 5.74) is 3.39. The molecule has 1 aliphatic rings. The average Bonchev–Trinajstić information content (AvgIpc) is 2.89. The van der Waals surface area contributed by atoms with Gasteiger partial charge in [0.05, 0.1) is 12.7 Å². The Labute approximate surface area is 210 Å². The Morgan fingerprint density at radius 1 is 1.09 bits per heavy atom. The zero-order valence-corrected chi connectivity index (χ0v) is 21.3. The molecule has 2 aromatic carbocycles. The lowest BCUT2D eigenvalue weighted by Gasteiger charge is -2.32. The van der Waals surface area contributed by atoms with E-state index < -0.39 is 6.10 Å². The molecule has 3 rings (SSSR count). The standard InChI is InChI=1S/C29H39N3O3/c1-22(2)21-27(29(33)31-16-15-30)35-28(25-7-5-4-6-8-25)26-11-9-23(10-12-26)24-13-17-32(18-14-24)19-20-34-3/h4-12,22,24,27-28H,13-14,16-21H2,1-3H3,(H,31,33)/t27-,28+/m0/s1. The molecule has 1 fully saturated rings. The van der Waals surface area contributed by atoms with Gasteiger partial charge in [-0.25, -0.2) is 0 Å². The molecule has 2 aromatic rings. The molecule has 1 amide bonds. The number of nitrogens with zero attached hydrogens (tertiary/aromatic N) is 2. The highest BCUT2D eigenvalue weighted by atomic mass is 16.5. The van der Waals surface area contributed by atoms with E-state index in [0.29, 0.717) is 12.3 Å². The summed E-state index contributed by atoms with van der Waals surface area (Å²) in [5.74, 6) is 0.601. The number of methoxy groups -OCH3 is 1. The van der Waals surface area contributed by atoms with Crippen molar-refractivity contribution in [2.45, 2.75) is 51.2 Å². The molecule has 35 heavy (non-hydrogen) atoms. The van der Waals surface area contributed by atoms with Gasteiger partial charge in [0.25, 0.3) is 0 Å². The number of hydrogen-bond acceptors (Lipinski definition) is 5. The number of piperidine rings is 1. The van der Waals surface area contributed by atoms with Crippen molar-refractivity contribution in [3.63, 3.8) is 0 Å². The molecular formula is C29H39N3O3. The van der Waals surface area contributed by atoms with Crippen LogP contribution in [0.1, 0.15) is 61.8 Å². The van der Waals surface area contributed by atoms with Gasteiger partial charge in [0, 0.05) is 13.7 Å². The predicted octanol–water partition coefficient (Wildman–Crippen LogP) is 4.67. The normalized spacial score (nSPS) is 16.5. The van der Waals surface area contributed by atoms with Crippen LogP contribution in [0.4, 0.5) is 0 Å². The Bertz CT molecular complexity index is 932. The number of nitriles is 1. The van der Waals surface area contributed by atoms with Crippen molar-refractivity contribution in [3.05, 3.63) is 71.3 Å². The zero-order valence-electron chi connectivity index (χ0n) is 21.3. The number of hydrogen-bond donors (Lipinski definition) is 1. The molecule has 0 aliphatic carbocycles. The van der Waals surface area contributed by atoms with Gasteiger partial charge in [-0.2, -0.15) is 5.26 Å². The summed E-state index contributed by atoms with van der Waals surface area (Å²) in [6.45, 7) is 8.10. The van der Waals surface area contributed by atoms with Gasteiger partial charge in [0.1, 0.15) is 18.8 Å². The summed E-state index contributed by atoms with van der Waals surface area (Å²) in [5, 5.41) is 11.6. The Morgan fingerprint density at radius 3 is 2.34 bits per heavy atom. The molecule has 6 nitrogen and oxygen atoms in total. The van der Waals surface area contributed by atoms with Crippen molar-refractivity contribution in [3.8, 4) is 6.07 Å². The van der Waals surface area contributed by atoms with Gasteiger partial charge in [0.2, 0.25) is 5.91 Å². The van der Waals surface area contributed by atoms with E-state index >= 15 is 0 Å². The minimum absolute atomic E-state index is 0.0220. The molecule has 1 N–H and O–H groups in total. The van der Waals surface area contributed by atoms with Crippen LogP contribution in [0, 0.1) is 17.2 Å². The molecule has 6 heteroatoms. The highest BCUT2D eigenvalue weighted by molar-refractivity contribution is 5.81. The quantitative estimate of drug-likeness (QED) is 0.450. The summed E-state index contributed by atoms with van der Waals surface area (Å²) < 4.78 is 11.7. The maximum atomic E-state index is 12.8. The maximum absolute atomic E-state index is 12.8. The first kappa shape index (κ1) is 26.9. The predicted molar refractivity (Wildman–Crippen MR) is 138 cm³/mol. The molecule has 0 aromatic heterocycles. The van der Waals surface area contributed by atoms with Crippen LogP contribution >= 0.6 is 0 Å². The molecule has 0 bridgehead atoms. The van der Waals surface area contributed by atoms with Gasteiger partial charge >= 0.3 is 0 Å². The molecular weight excluding hydrogens is 438 g/mol. The largest absolute Gasteiger partial charge is 0.383 e. The summed E-state index contributed by atoms with van der Waals surface area (Å²) in [6.07, 6.45) is 1.89. The first-order valence-electron chi connectivity index (χ1n) is 12.7. The van der Waals surface area contributed by atoms with E-state index in [4.69, 9.17) is 14.7 Å². The second-order valence-electron chi connectivity index (χ2n) is 9.70. The molecule has 188 valence electrons. The fourth-order valence-corrected chi connectivity index (χ4v) is 4.69. The van der Waals surface area contributed by atoms with Crippen LogP contribution in [-0.2, 0) is 14.3 Å². The smallest absolute Gasteiger partial charge is 0.250 e. The number of ether oxygens (including phenoxy) is 2. The fraction of sp³-hybridized carbons (Fsp3) is 0.517. The van der Waals surface area contributed by atoms with Gasteiger partial charge in [-0.3, -0.25) is 4.79 Å². The van der Waals surface area contributed by atoms with Crippen molar-refractivity contribution in [1.29, 1.82) is 5.26 Å². The first-order valence-corrected chi connectivity index (χ1v) is 12.7. The van der Waals surface area contributed by atoms with Crippen LogP contribution in [0.5, 0.6) is 0 Å². The molecule has 1 saturated heterocycles. The summed E-state index contributed by atoms with van der Waals surface area (Å²) in [4.78, 5) is 15.3. The van der Waals surface area contributed by atoms with Crippen LogP contribution < -0.4 is 5.32 Å². The van der Waals surface area contributed by atoms with Gasteiger partial charge in [-0.05, 0) is 60.9 Å². The monoisotopic (exact) mass is 477 g/mol. The minimum Gasteiger partial charge on any atom is -0.383 e. The van der Waals surface area contributed by atoms with Crippen LogP contribution in [0.2, 0.25) is 0 Å². The van der Waals surface area contributed by atoms with Crippen LogP contribution in [-0.4, -0.2) is 56.8 Å². The molecule has 2 atom stereocenters. The lowest BCUT2D eigenvalue weighted by molar-refractivity contribution is -0.136. The van der Waals surface area contributed by atoms with Crippen molar-refractivity contribution in [2.24, 2.45) is 5.92 Å². The third-order valence-corrected chi connectivity index (χ3v) is 6.63. The second kappa shape index (κ2) is 14.0. The number of carbonyl (C=O) groups is 1. The Morgan fingerprint density at radius 2 is 1.74 bits per heavy atom. The third-order valence-electron chi connectivity index (χ3n) is 6.63. The molecule has 0 spiro atoms. The van der Waals surface area contributed by atoms with Gasteiger partial charge in [-0.1, -0.05) is 68.4 Å². The van der Waals surface area contributed by atoms with E-state index in [1.807, 2.05) is 36.4 Å². The number of amides is 1. The van der Waals surface area contributed by atoms with E-state index in [1.165, 1.54) is 5.56 Å². The summed E-state index contributed by atoms with van der Waals surface area (Å²) in [6, 6.07) is 20.7. The molecule has 0 radical (unpaired) electrons. The summed E-state index contributed by atoms with van der Waals surface area (Å²) in [7, 11) is 1.75. The van der Waals surface area contributed by atoms with Gasteiger partial charge < -0.3 is 19.7 Å². The number of nitrogens with one attached hydrogen (secondary N) is 1. The zero-order chi connectivity index (χ0) is 25.0. The molecule has 1 aliphatic heterocycles. The number of rotatable bonds is 12. The van der Waals surface area contributed by atoms with E-state index in [9.17, 15) is 4.79 Å². The highest BCUT2D eigenvalue weighted by Gasteiger charge is 2.27. The topological polar surface area (TPSA) is 74.6 Å². The second-order valence-corrected chi connectivity index (χ2v) is 9.70. The minimum atomic E-state index is -0.635. The fourth-order valence-electron chi connectivity index (χ4n) is 4.69. The van der Waals surface area contributed by atoms with Crippen LogP contribution in [0.3, 0.4) is 0 Å². The summed E-state index contributed by atoms with van der Waals surface area (Å²) >= 11 is 0. The van der Waals surface area contributed by atoms with E-state index in [1.54, 1.807) is 7.11 Å². The van der Waals surface area contributed by atoms with E-state index in [-0.39, 0.29) is 24.5 Å².